The molecule has 2 rings (SSSR count). The van der Waals surface area contributed by atoms with E-state index in [2.05, 4.69) is 32.0 Å². The van der Waals surface area contributed by atoms with Gasteiger partial charge in [-0.05, 0) is 37.5 Å². The molecule has 0 heterocycles. The molecule has 1 unspecified atom stereocenters. The second kappa shape index (κ2) is 6.10. The molecule has 0 aliphatic rings. The Morgan fingerprint density at radius 3 is 2.25 bits per heavy atom. The summed E-state index contributed by atoms with van der Waals surface area (Å²) in [6.07, 6.45) is 0.986. The first kappa shape index (κ1) is 14.6. The van der Waals surface area contributed by atoms with E-state index in [0.717, 1.165) is 23.3 Å². The second-order valence-electron chi connectivity index (χ2n) is 5.36. The lowest BCUT2D eigenvalue weighted by molar-refractivity contribution is 0.309. The van der Waals surface area contributed by atoms with Crippen LogP contribution in [-0.2, 0) is 5.54 Å². The zero-order chi connectivity index (χ0) is 14.6. The molecule has 2 aromatic carbocycles. The third-order valence-corrected chi connectivity index (χ3v) is 3.61. The van der Waals surface area contributed by atoms with Crippen molar-refractivity contribution in [2.24, 2.45) is 5.73 Å². The van der Waals surface area contributed by atoms with E-state index in [4.69, 9.17) is 10.5 Å². The van der Waals surface area contributed by atoms with E-state index in [9.17, 15) is 0 Å². The van der Waals surface area contributed by atoms with Gasteiger partial charge in [0.1, 0.15) is 5.75 Å². The van der Waals surface area contributed by atoms with Crippen LogP contribution in [0.25, 0.3) is 0 Å². The number of hydrogen-bond acceptors (Lipinski definition) is 2. The monoisotopic (exact) mass is 269 g/mol. The van der Waals surface area contributed by atoms with E-state index >= 15 is 0 Å². The van der Waals surface area contributed by atoms with Crippen LogP contribution in [-0.4, -0.2) is 6.61 Å². The summed E-state index contributed by atoms with van der Waals surface area (Å²) in [6, 6.07) is 16.3. The fraction of sp³-hybridized carbons (Fsp3) is 0.333. The lowest BCUT2D eigenvalue weighted by Crippen LogP contribution is -2.35. The summed E-state index contributed by atoms with van der Waals surface area (Å²) in [4.78, 5) is 0. The summed E-state index contributed by atoms with van der Waals surface area (Å²) in [5, 5.41) is 0. The molecule has 0 spiro atoms. The molecule has 1 atom stereocenters. The average molecular weight is 269 g/mol. The maximum atomic E-state index is 6.65. The SMILES string of the molecule is CCCOc1ccccc1C(C)(N)c1ccccc1C. The zero-order valence-electron chi connectivity index (χ0n) is 12.5. The van der Waals surface area contributed by atoms with Crippen LogP contribution in [0.1, 0.15) is 37.0 Å². The standard InChI is InChI=1S/C18H23NO/c1-4-13-20-17-12-8-7-11-16(17)18(3,19)15-10-6-5-9-14(15)2/h5-12H,4,13,19H2,1-3H3. The predicted octanol–water partition coefficient (Wildman–Crippen LogP) is 4.01. The van der Waals surface area contributed by atoms with E-state index in [1.165, 1.54) is 5.56 Å². The molecule has 0 aliphatic heterocycles. The smallest absolute Gasteiger partial charge is 0.124 e. The number of aryl methyl sites for hydroxylation is 1. The van der Waals surface area contributed by atoms with E-state index in [0.29, 0.717) is 6.61 Å². The average Bonchev–Trinajstić information content (AvgIpc) is 2.45. The minimum Gasteiger partial charge on any atom is -0.493 e. The molecular formula is C18H23NO. The number of ether oxygens (including phenoxy) is 1. The van der Waals surface area contributed by atoms with Crippen LogP contribution < -0.4 is 10.5 Å². The first-order valence-corrected chi connectivity index (χ1v) is 7.14. The van der Waals surface area contributed by atoms with Gasteiger partial charge in [0.15, 0.2) is 0 Å². The summed E-state index contributed by atoms with van der Waals surface area (Å²) in [6.45, 7) is 6.95. The minimum atomic E-state index is -0.560. The molecule has 2 heteroatoms. The van der Waals surface area contributed by atoms with Crippen molar-refractivity contribution in [3.8, 4) is 5.75 Å². The first-order valence-electron chi connectivity index (χ1n) is 7.14. The van der Waals surface area contributed by atoms with Crippen molar-refractivity contribution in [1.82, 2.24) is 0 Å². The van der Waals surface area contributed by atoms with E-state index in [1.807, 2.05) is 37.3 Å². The zero-order valence-corrected chi connectivity index (χ0v) is 12.5. The normalized spacial score (nSPS) is 13.8. The number of para-hydroxylation sites is 1. The maximum absolute atomic E-state index is 6.65. The Morgan fingerprint density at radius 2 is 1.60 bits per heavy atom. The van der Waals surface area contributed by atoms with Crippen molar-refractivity contribution in [3.05, 3.63) is 65.2 Å². The van der Waals surface area contributed by atoms with Gasteiger partial charge in [-0.3, -0.25) is 0 Å². The summed E-state index contributed by atoms with van der Waals surface area (Å²) in [5.74, 6) is 0.877. The number of nitrogens with two attached hydrogens (primary N) is 1. The highest BCUT2D eigenvalue weighted by atomic mass is 16.5. The molecule has 2 N–H and O–H groups in total. The topological polar surface area (TPSA) is 35.2 Å². The van der Waals surface area contributed by atoms with Crippen LogP contribution in [0.15, 0.2) is 48.5 Å². The fourth-order valence-electron chi connectivity index (χ4n) is 2.53. The van der Waals surface area contributed by atoms with Crippen LogP contribution in [0.4, 0.5) is 0 Å². The Kier molecular flexibility index (Phi) is 4.46. The van der Waals surface area contributed by atoms with Crippen molar-refractivity contribution in [2.45, 2.75) is 32.7 Å². The summed E-state index contributed by atoms with van der Waals surface area (Å²) in [5.41, 5.74) is 9.45. The van der Waals surface area contributed by atoms with Gasteiger partial charge >= 0.3 is 0 Å². The van der Waals surface area contributed by atoms with Gasteiger partial charge in [0.25, 0.3) is 0 Å². The molecule has 2 nitrogen and oxygen atoms in total. The van der Waals surface area contributed by atoms with Gasteiger partial charge in [0, 0.05) is 5.56 Å². The highest BCUT2D eigenvalue weighted by Gasteiger charge is 2.28. The summed E-state index contributed by atoms with van der Waals surface area (Å²) < 4.78 is 5.85. The Balaban J connectivity index is 2.46. The lowest BCUT2D eigenvalue weighted by Gasteiger charge is -2.29. The highest BCUT2D eigenvalue weighted by molar-refractivity contribution is 5.47. The van der Waals surface area contributed by atoms with Gasteiger partial charge in [-0.15, -0.1) is 0 Å². The van der Waals surface area contributed by atoms with Crippen molar-refractivity contribution < 1.29 is 4.74 Å². The molecular weight excluding hydrogens is 246 g/mol. The molecule has 0 amide bonds. The Morgan fingerprint density at radius 1 is 1.00 bits per heavy atom. The maximum Gasteiger partial charge on any atom is 0.124 e. The van der Waals surface area contributed by atoms with E-state index < -0.39 is 5.54 Å². The number of hydrogen-bond donors (Lipinski definition) is 1. The van der Waals surface area contributed by atoms with Gasteiger partial charge in [-0.25, -0.2) is 0 Å². The number of rotatable bonds is 5. The van der Waals surface area contributed by atoms with E-state index in [1.54, 1.807) is 0 Å². The van der Waals surface area contributed by atoms with Gasteiger partial charge in [0.2, 0.25) is 0 Å². The molecule has 0 saturated carbocycles. The van der Waals surface area contributed by atoms with Gasteiger partial charge in [-0.1, -0.05) is 49.4 Å². The first-order chi connectivity index (χ1) is 9.57. The minimum absolute atomic E-state index is 0.560. The third-order valence-electron chi connectivity index (χ3n) is 3.61. The second-order valence-corrected chi connectivity index (χ2v) is 5.36. The van der Waals surface area contributed by atoms with Gasteiger partial charge in [0.05, 0.1) is 12.1 Å². The van der Waals surface area contributed by atoms with Gasteiger partial charge < -0.3 is 10.5 Å². The molecule has 20 heavy (non-hydrogen) atoms. The molecule has 0 fully saturated rings. The number of benzene rings is 2. The molecule has 0 aliphatic carbocycles. The quantitative estimate of drug-likeness (QED) is 0.890. The van der Waals surface area contributed by atoms with Crippen LogP contribution in [0.2, 0.25) is 0 Å². The lowest BCUT2D eigenvalue weighted by atomic mass is 9.83. The summed E-state index contributed by atoms with van der Waals surface area (Å²) >= 11 is 0. The third kappa shape index (κ3) is 2.86. The summed E-state index contributed by atoms with van der Waals surface area (Å²) in [7, 11) is 0. The van der Waals surface area contributed by atoms with Crippen LogP contribution >= 0.6 is 0 Å². The molecule has 106 valence electrons. The Bertz CT molecular complexity index is 575. The van der Waals surface area contributed by atoms with Crippen molar-refractivity contribution in [2.75, 3.05) is 6.61 Å². The van der Waals surface area contributed by atoms with Crippen molar-refractivity contribution >= 4 is 0 Å². The molecule has 0 radical (unpaired) electrons. The Labute approximate surface area is 121 Å². The largest absolute Gasteiger partial charge is 0.493 e. The van der Waals surface area contributed by atoms with Crippen LogP contribution in [0.3, 0.4) is 0 Å². The predicted molar refractivity (Wildman–Crippen MR) is 84.0 cm³/mol. The van der Waals surface area contributed by atoms with E-state index in [-0.39, 0.29) is 0 Å². The fourth-order valence-corrected chi connectivity index (χ4v) is 2.53. The van der Waals surface area contributed by atoms with Crippen molar-refractivity contribution in [3.63, 3.8) is 0 Å². The Hall–Kier alpha value is -1.80. The highest BCUT2D eigenvalue weighted by Crippen LogP contribution is 2.34. The van der Waals surface area contributed by atoms with Crippen LogP contribution in [0, 0.1) is 6.92 Å². The van der Waals surface area contributed by atoms with Gasteiger partial charge in [-0.2, -0.15) is 0 Å². The van der Waals surface area contributed by atoms with Crippen LogP contribution in [0.5, 0.6) is 5.75 Å². The molecule has 0 aromatic heterocycles. The molecule has 0 bridgehead atoms. The van der Waals surface area contributed by atoms with Crippen molar-refractivity contribution in [1.29, 1.82) is 0 Å². The molecule has 2 aromatic rings. The molecule has 0 saturated heterocycles.